The zero-order chi connectivity index (χ0) is 15.5. The highest BCUT2D eigenvalue weighted by Crippen LogP contribution is 2.34. The molecule has 21 heavy (non-hydrogen) atoms. The fourth-order valence-electron chi connectivity index (χ4n) is 2.90. The molecule has 0 bridgehead atoms. The maximum absolute atomic E-state index is 6.44. The maximum Gasteiger partial charge on any atom is 0.0537 e. The number of hydrogen-bond acceptors (Lipinski definition) is 2. The number of ether oxygens (including phenoxy) is 1. The van der Waals surface area contributed by atoms with Crippen LogP contribution in [-0.2, 0) is 11.2 Å². The van der Waals surface area contributed by atoms with Crippen LogP contribution in [0.25, 0.3) is 0 Å². The van der Waals surface area contributed by atoms with Crippen molar-refractivity contribution >= 4 is 11.6 Å². The quantitative estimate of drug-likeness (QED) is 0.891. The number of nitrogens with one attached hydrogen (secondary N) is 1. The molecular weight excluding hydrogens is 282 g/mol. The van der Waals surface area contributed by atoms with Crippen LogP contribution in [0.15, 0.2) is 18.2 Å². The highest BCUT2D eigenvalue weighted by Gasteiger charge is 2.34. The van der Waals surface area contributed by atoms with Gasteiger partial charge in [-0.25, -0.2) is 0 Å². The Kier molecular flexibility index (Phi) is 5.34. The Morgan fingerprint density at radius 2 is 2.10 bits per heavy atom. The van der Waals surface area contributed by atoms with Crippen molar-refractivity contribution in [2.45, 2.75) is 52.5 Å². The minimum atomic E-state index is 0.127. The molecule has 1 aliphatic heterocycles. The molecule has 3 heteroatoms. The summed E-state index contributed by atoms with van der Waals surface area (Å²) in [6, 6.07) is 6.38. The van der Waals surface area contributed by atoms with Gasteiger partial charge in [-0.3, -0.25) is 0 Å². The smallest absolute Gasteiger partial charge is 0.0537 e. The number of aryl methyl sites for hydroxylation is 1. The molecule has 1 aromatic rings. The van der Waals surface area contributed by atoms with E-state index in [1.807, 2.05) is 0 Å². The lowest BCUT2D eigenvalue weighted by Crippen LogP contribution is -2.48. The summed E-state index contributed by atoms with van der Waals surface area (Å²) in [6.45, 7) is 11.4. The van der Waals surface area contributed by atoms with E-state index in [0.717, 1.165) is 37.6 Å². The largest absolute Gasteiger partial charge is 0.381 e. The molecule has 0 radical (unpaired) electrons. The molecule has 1 heterocycles. The van der Waals surface area contributed by atoms with Crippen molar-refractivity contribution in [2.75, 3.05) is 19.8 Å². The minimum absolute atomic E-state index is 0.127. The maximum atomic E-state index is 6.44. The molecule has 1 fully saturated rings. The third kappa shape index (κ3) is 4.98. The van der Waals surface area contributed by atoms with Gasteiger partial charge in [-0.2, -0.15) is 0 Å². The predicted octanol–water partition coefficient (Wildman–Crippen LogP) is 4.38. The van der Waals surface area contributed by atoms with E-state index in [-0.39, 0.29) is 11.0 Å². The molecule has 0 saturated carbocycles. The molecule has 2 nitrogen and oxygen atoms in total. The van der Waals surface area contributed by atoms with Gasteiger partial charge in [0, 0.05) is 29.1 Å². The highest BCUT2D eigenvalue weighted by atomic mass is 35.5. The van der Waals surface area contributed by atoms with Crippen LogP contribution in [0.3, 0.4) is 0 Å². The summed E-state index contributed by atoms with van der Waals surface area (Å²) >= 11 is 6.44. The first-order chi connectivity index (χ1) is 9.80. The summed E-state index contributed by atoms with van der Waals surface area (Å²) in [6.07, 6.45) is 3.31. The lowest BCUT2D eigenvalue weighted by molar-refractivity contribution is -0.00992. The van der Waals surface area contributed by atoms with Gasteiger partial charge in [0.05, 0.1) is 6.61 Å². The van der Waals surface area contributed by atoms with Gasteiger partial charge >= 0.3 is 0 Å². The van der Waals surface area contributed by atoms with Gasteiger partial charge in [-0.05, 0) is 64.2 Å². The Labute approximate surface area is 134 Å². The lowest BCUT2D eigenvalue weighted by Gasteiger charge is -2.40. The summed E-state index contributed by atoms with van der Waals surface area (Å²) in [5, 5.41) is 4.55. The lowest BCUT2D eigenvalue weighted by atomic mass is 9.76. The van der Waals surface area contributed by atoms with Crippen LogP contribution in [0.2, 0.25) is 5.02 Å². The van der Waals surface area contributed by atoms with E-state index in [4.69, 9.17) is 16.3 Å². The molecule has 0 aliphatic carbocycles. The van der Waals surface area contributed by atoms with Gasteiger partial charge in [-0.1, -0.05) is 23.7 Å². The third-order valence-electron chi connectivity index (χ3n) is 4.17. The zero-order valence-electron chi connectivity index (χ0n) is 13.8. The summed E-state index contributed by atoms with van der Waals surface area (Å²) in [7, 11) is 0. The second-order valence-corrected chi connectivity index (χ2v) is 7.94. The van der Waals surface area contributed by atoms with Crippen LogP contribution in [-0.4, -0.2) is 25.3 Å². The predicted molar refractivity (Wildman–Crippen MR) is 90.1 cm³/mol. The van der Waals surface area contributed by atoms with E-state index in [1.165, 1.54) is 17.5 Å². The second kappa shape index (κ2) is 6.68. The summed E-state index contributed by atoms with van der Waals surface area (Å²) < 4.78 is 5.80. The van der Waals surface area contributed by atoms with Gasteiger partial charge in [0.2, 0.25) is 0 Å². The van der Waals surface area contributed by atoms with Crippen molar-refractivity contribution in [1.29, 1.82) is 0 Å². The average Bonchev–Trinajstić information content (AvgIpc) is 2.41. The van der Waals surface area contributed by atoms with Gasteiger partial charge in [0.1, 0.15) is 0 Å². The first kappa shape index (κ1) is 16.8. The Balaban J connectivity index is 2.15. The average molecular weight is 310 g/mol. The SMILES string of the molecule is Cc1ccc(CC2(CNC(C)(C)C)CCCOC2)c(Cl)c1. The molecule has 0 aromatic heterocycles. The zero-order valence-corrected chi connectivity index (χ0v) is 14.5. The van der Waals surface area contributed by atoms with E-state index in [2.05, 4.69) is 51.2 Å². The first-order valence-electron chi connectivity index (χ1n) is 7.88. The van der Waals surface area contributed by atoms with E-state index < -0.39 is 0 Å². The molecule has 1 unspecified atom stereocenters. The number of benzene rings is 1. The fraction of sp³-hybridized carbons (Fsp3) is 0.667. The number of halogens is 1. The Morgan fingerprint density at radius 1 is 1.33 bits per heavy atom. The van der Waals surface area contributed by atoms with Crippen molar-refractivity contribution in [3.05, 3.63) is 34.3 Å². The molecule has 118 valence electrons. The normalized spacial score (nSPS) is 23.3. The molecule has 2 rings (SSSR count). The van der Waals surface area contributed by atoms with Crippen LogP contribution in [0.1, 0.15) is 44.7 Å². The minimum Gasteiger partial charge on any atom is -0.381 e. The number of rotatable bonds is 4. The third-order valence-corrected chi connectivity index (χ3v) is 4.52. The van der Waals surface area contributed by atoms with Crippen LogP contribution in [0, 0.1) is 12.3 Å². The summed E-state index contributed by atoms with van der Waals surface area (Å²) in [4.78, 5) is 0. The summed E-state index contributed by atoms with van der Waals surface area (Å²) in [5.74, 6) is 0. The van der Waals surface area contributed by atoms with Gasteiger partial charge in [0.25, 0.3) is 0 Å². The molecule has 1 saturated heterocycles. The van der Waals surface area contributed by atoms with Crippen molar-refractivity contribution < 1.29 is 4.74 Å². The van der Waals surface area contributed by atoms with Crippen LogP contribution >= 0.6 is 11.6 Å². The first-order valence-corrected chi connectivity index (χ1v) is 8.25. The summed E-state index contributed by atoms with van der Waals surface area (Å²) in [5.41, 5.74) is 2.74. The highest BCUT2D eigenvalue weighted by molar-refractivity contribution is 6.31. The topological polar surface area (TPSA) is 21.3 Å². The van der Waals surface area contributed by atoms with Crippen molar-refractivity contribution in [3.8, 4) is 0 Å². The van der Waals surface area contributed by atoms with Gasteiger partial charge in [0.15, 0.2) is 0 Å². The molecular formula is C18H28ClNO. The van der Waals surface area contributed by atoms with Gasteiger partial charge < -0.3 is 10.1 Å². The van der Waals surface area contributed by atoms with Crippen LogP contribution in [0.5, 0.6) is 0 Å². The molecule has 0 spiro atoms. The number of hydrogen-bond donors (Lipinski definition) is 1. The van der Waals surface area contributed by atoms with Crippen LogP contribution < -0.4 is 5.32 Å². The van der Waals surface area contributed by atoms with E-state index >= 15 is 0 Å². The van der Waals surface area contributed by atoms with E-state index in [0.29, 0.717) is 0 Å². The van der Waals surface area contributed by atoms with Gasteiger partial charge in [-0.15, -0.1) is 0 Å². The molecule has 1 atom stereocenters. The second-order valence-electron chi connectivity index (χ2n) is 7.53. The molecule has 1 aliphatic rings. The van der Waals surface area contributed by atoms with Crippen molar-refractivity contribution in [3.63, 3.8) is 0 Å². The molecule has 1 aromatic carbocycles. The Morgan fingerprint density at radius 3 is 2.67 bits per heavy atom. The standard InChI is InChI=1S/C18H28ClNO/c1-14-6-7-15(16(19)10-14)11-18(8-5-9-21-13-18)12-20-17(2,3)4/h6-7,10,20H,5,8-9,11-13H2,1-4H3. The van der Waals surface area contributed by atoms with Crippen LogP contribution in [0.4, 0.5) is 0 Å². The van der Waals surface area contributed by atoms with E-state index in [1.54, 1.807) is 0 Å². The van der Waals surface area contributed by atoms with Crippen molar-refractivity contribution in [2.24, 2.45) is 5.41 Å². The Bertz CT molecular complexity index is 473. The molecule has 0 amide bonds. The van der Waals surface area contributed by atoms with E-state index in [9.17, 15) is 0 Å². The van der Waals surface area contributed by atoms with Crippen molar-refractivity contribution in [1.82, 2.24) is 5.32 Å². The monoisotopic (exact) mass is 309 g/mol. The fourth-order valence-corrected chi connectivity index (χ4v) is 3.21. The Hall–Kier alpha value is -0.570. The molecule has 1 N–H and O–H groups in total.